The molecule has 0 N–H and O–H groups in total. The van der Waals surface area contributed by atoms with Crippen LogP contribution in [-0.4, -0.2) is 1.43 Å². The summed E-state index contributed by atoms with van der Waals surface area (Å²) >= 11 is 4.51. The van der Waals surface area contributed by atoms with Crippen LogP contribution < -0.4 is 0 Å². The standard InChI is InChI=1S/C5H6I2/c1-3-5(6,7)4-2/h3-4H,1-2H2. The summed E-state index contributed by atoms with van der Waals surface area (Å²) < 4.78 is 0.0511. The summed E-state index contributed by atoms with van der Waals surface area (Å²) in [7, 11) is 0. The van der Waals surface area contributed by atoms with Crippen molar-refractivity contribution in [1.29, 1.82) is 0 Å². The van der Waals surface area contributed by atoms with Crippen molar-refractivity contribution in [3.8, 4) is 0 Å². The average molecular weight is 320 g/mol. The van der Waals surface area contributed by atoms with Crippen molar-refractivity contribution in [3.63, 3.8) is 0 Å². The first-order chi connectivity index (χ1) is 3.12. The van der Waals surface area contributed by atoms with Crippen LogP contribution in [0.25, 0.3) is 0 Å². The third-order valence-electron chi connectivity index (χ3n) is 0.544. The zero-order chi connectivity index (χ0) is 5.91. The van der Waals surface area contributed by atoms with Crippen molar-refractivity contribution in [2.45, 2.75) is 1.43 Å². The van der Waals surface area contributed by atoms with E-state index in [2.05, 4.69) is 58.3 Å². The van der Waals surface area contributed by atoms with Gasteiger partial charge in [-0.2, -0.15) is 0 Å². The maximum Gasteiger partial charge on any atom is 0.109 e. The molecule has 2 heteroatoms. The number of hydrogen-bond acceptors (Lipinski definition) is 0. The number of halogens is 2. The highest BCUT2D eigenvalue weighted by molar-refractivity contribution is 14.2. The SMILES string of the molecule is C=CC(I)(I)C=C. The molecule has 0 fully saturated rings. The third kappa shape index (κ3) is 3.52. The van der Waals surface area contributed by atoms with Gasteiger partial charge in [0, 0.05) is 0 Å². The monoisotopic (exact) mass is 320 g/mol. The van der Waals surface area contributed by atoms with Crippen molar-refractivity contribution in [1.82, 2.24) is 0 Å². The summed E-state index contributed by atoms with van der Waals surface area (Å²) in [6, 6.07) is 0. The van der Waals surface area contributed by atoms with Gasteiger partial charge in [-0.3, -0.25) is 0 Å². The largest absolute Gasteiger partial charge is 0.109 e. The topological polar surface area (TPSA) is 0 Å². The zero-order valence-electron chi connectivity index (χ0n) is 3.82. The minimum atomic E-state index is 0.0511. The van der Waals surface area contributed by atoms with Crippen LogP contribution in [-0.2, 0) is 0 Å². The van der Waals surface area contributed by atoms with Gasteiger partial charge >= 0.3 is 0 Å². The molecule has 0 aliphatic heterocycles. The molecule has 0 heterocycles. The molecule has 0 aliphatic carbocycles. The normalized spacial score (nSPS) is 10.6. The third-order valence-corrected chi connectivity index (χ3v) is 2.31. The van der Waals surface area contributed by atoms with Crippen molar-refractivity contribution in [3.05, 3.63) is 25.3 Å². The Kier molecular flexibility index (Phi) is 3.48. The van der Waals surface area contributed by atoms with Gasteiger partial charge in [-0.15, -0.1) is 13.2 Å². The van der Waals surface area contributed by atoms with E-state index in [1.165, 1.54) is 0 Å². The second-order valence-corrected chi connectivity index (χ2v) is 6.72. The summed E-state index contributed by atoms with van der Waals surface area (Å²) in [4.78, 5) is 0. The first kappa shape index (κ1) is 7.94. The molecule has 7 heavy (non-hydrogen) atoms. The Labute approximate surface area is 71.3 Å². The van der Waals surface area contributed by atoms with E-state index in [1.807, 2.05) is 12.2 Å². The maximum atomic E-state index is 3.62. The van der Waals surface area contributed by atoms with Gasteiger partial charge in [0.15, 0.2) is 0 Å². The van der Waals surface area contributed by atoms with Crippen LogP contribution in [0.2, 0.25) is 0 Å². The van der Waals surface area contributed by atoms with E-state index in [0.717, 1.165) is 0 Å². The molecule has 0 unspecified atom stereocenters. The molecule has 0 saturated carbocycles. The molecule has 0 bridgehead atoms. The second-order valence-electron chi connectivity index (χ2n) is 1.08. The summed E-state index contributed by atoms with van der Waals surface area (Å²) in [6.45, 7) is 7.23. The Balaban J connectivity index is 3.82. The number of allylic oxidation sites excluding steroid dienone is 2. The van der Waals surface area contributed by atoms with E-state index in [-0.39, 0.29) is 1.43 Å². The summed E-state index contributed by atoms with van der Waals surface area (Å²) in [5, 5.41) is 0. The van der Waals surface area contributed by atoms with Crippen LogP contribution in [0.3, 0.4) is 0 Å². The lowest BCUT2D eigenvalue weighted by atomic mass is 10.4. The van der Waals surface area contributed by atoms with E-state index in [1.54, 1.807) is 0 Å². The van der Waals surface area contributed by atoms with E-state index >= 15 is 0 Å². The molecule has 0 atom stereocenters. The molecular formula is C5H6I2. The lowest BCUT2D eigenvalue weighted by Crippen LogP contribution is -1.97. The van der Waals surface area contributed by atoms with Gasteiger partial charge in [0.25, 0.3) is 0 Å². The lowest BCUT2D eigenvalue weighted by molar-refractivity contribution is 1.46. The first-order valence-corrected chi connectivity index (χ1v) is 3.93. The Morgan fingerprint density at radius 3 is 1.43 bits per heavy atom. The van der Waals surface area contributed by atoms with Crippen molar-refractivity contribution >= 4 is 45.2 Å². The van der Waals surface area contributed by atoms with Gasteiger partial charge in [0.05, 0.1) is 0 Å². The van der Waals surface area contributed by atoms with E-state index in [4.69, 9.17) is 0 Å². The molecular weight excluding hydrogens is 314 g/mol. The van der Waals surface area contributed by atoms with Crippen molar-refractivity contribution < 1.29 is 0 Å². The van der Waals surface area contributed by atoms with Gasteiger partial charge < -0.3 is 0 Å². The maximum absolute atomic E-state index is 3.62. The average Bonchev–Trinajstić information content (AvgIpc) is 1.68. The molecule has 0 aromatic carbocycles. The molecule has 0 nitrogen and oxygen atoms in total. The number of rotatable bonds is 2. The highest BCUT2D eigenvalue weighted by Crippen LogP contribution is 2.29. The van der Waals surface area contributed by atoms with Gasteiger partial charge in [-0.25, -0.2) is 0 Å². The molecule has 0 aromatic heterocycles. The van der Waals surface area contributed by atoms with Gasteiger partial charge in [0.2, 0.25) is 0 Å². The number of alkyl halides is 2. The fraction of sp³-hybridized carbons (Fsp3) is 0.200. The number of hydrogen-bond donors (Lipinski definition) is 0. The molecule has 0 rings (SSSR count). The lowest BCUT2D eigenvalue weighted by Gasteiger charge is -2.05. The van der Waals surface area contributed by atoms with E-state index in [9.17, 15) is 0 Å². The Bertz CT molecular complexity index is 74.1. The van der Waals surface area contributed by atoms with Gasteiger partial charge in [0.1, 0.15) is 1.43 Å². The van der Waals surface area contributed by atoms with Crippen LogP contribution in [0.15, 0.2) is 25.3 Å². The van der Waals surface area contributed by atoms with Gasteiger partial charge in [-0.1, -0.05) is 57.3 Å². The van der Waals surface area contributed by atoms with E-state index < -0.39 is 0 Å². The molecule has 0 spiro atoms. The van der Waals surface area contributed by atoms with Crippen LogP contribution in [0.5, 0.6) is 0 Å². The smallest absolute Gasteiger partial charge is 0.101 e. The second kappa shape index (κ2) is 3.06. The minimum Gasteiger partial charge on any atom is -0.101 e. The van der Waals surface area contributed by atoms with Crippen LogP contribution in [0.4, 0.5) is 0 Å². The summed E-state index contributed by atoms with van der Waals surface area (Å²) in [6.07, 6.45) is 3.70. The quantitative estimate of drug-likeness (QED) is 0.417. The molecule has 40 valence electrons. The van der Waals surface area contributed by atoms with Crippen LogP contribution >= 0.6 is 45.2 Å². The highest BCUT2D eigenvalue weighted by atomic mass is 127. The summed E-state index contributed by atoms with van der Waals surface area (Å²) in [5.74, 6) is 0. The minimum absolute atomic E-state index is 0.0511. The summed E-state index contributed by atoms with van der Waals surface area (Å²) in [5.41, 5.74) is 0. The highest BCUT2D eigenvalue weighted by Gasteiger charge is 2.09. The fourth-order valence-electron chi connectivity index (χ4n) is 0.0833. The fourth-order valence-corrected chi connectivity index (χ4v) is 0.0833. The molecule has 0 amide bonds. The van der Waals surface area contributed by atoms with Crippen molar-refractivity contribution in [2.24, 2.45) is 0 Å². The molecule has 0 saturated heterocycles. The van der Waals surface area contributed by atoms with Crippen LogP contribution in [0.1, 0.15) is 0 Å². The van der Waals surface area contributed by atoms with Crippen molar-refractivity contribution in [2.75, 3.05) is 0 Å². The Hall–Kier alpha value is 0.940. The first-order valence-electron chi connectivity index (χ1n) is 1.77. The molecule has 0 radical (unpaired) electrons. The van der Waals surface area contributed by atoms with Crippen LogP contribution in [0, 0.1) is 0 Å². The predicted octanol–water partition coefficient (Wildman–Crippen LogP) is 2.92. The Morgan fingerprint density at radius 1 is 1.14 bits per heavy atom. The molecule has 0 aliphatic rings. The molecule has 0 aromatic rings. The Morgan fingerprint density at radius 2 is 1.43 bits per heavy atom. The zero-order valence-corrected chi connectivity index (χ0v) is 8.14. The van der Waals surface area contributed by atoms with Gasteiger partial charge in [-0.05, 0) is 0 Å². The predicted molar refractivity (Wildman–Crippen MR) is 51.2 cm³/mol. The van der Waals surface area contributed by atoms with E-state index in [0.29, 0.717) is 0 Å².